The van der Waals surface area contributed by atoms with Gasteiger partial charge in [0.05, 0.1) is 11.7 Å². The average Bonchev–Trinajstić information content (AvgIpc) is 2.34. The van der Waals surface area contributed by atoms with Crippen molar-refractivity contribution in [1.29, 1.82) is 0 Å². The van der Waals surface area contributed by atoms with Crippen LogP contribution in [0.25, 0.3) is 0 Å². The minimum Gasteiger partial charge on any atom is -0.271 e. The Kier molecular flexibility index (Phi) is 3.87. The van der Waals surface area contributed by atoms with Crippen molar-refractivity contribution < 1.29 is 8.78 Å². The summed E-state index contributed by atoms with van der Waals surface area (Å²) in [6.45, 7) is 3.80. The van der Waals surface area contributed by atoms with Gasteiger partial charge in [-0.25, -0.2) is 14.2 Å². The third kappa shape index (κ3) is 2.77. The molecule has 0 fully saturated rings. The van der Waals surface area contributed by atoms with Crippen LogP contribution < -0.4 is 11.3 Å². The summed E-state index contributed by atoms with van der Waals surface area (Å²) in [4.78, 5) is 4.29. The van der Waals surface area contributed by atoms with E-state index in [0.717, 1.165) is 17.2 Å². The second kappa shape index (κ2) is 5.42. The number of nitrogens with zero attached hydrogens (tertiary/aromatic N) is 1. The van der Waals surface area contributed by atoms with Crippen LogP contribution in [0.1, 0.15) is 28.4 Å². The summed E-state index contributed by atoms with van der Waals surface area (Å²) in [6, 6.07) is 4.74. The van der Waals surface area contributed by atoms with Crippen LogP contribution in [0.2, 0.25) is 0 Å². The second-order valence-corrected chi connectivity index (χ2v) is 4.48. The fraction of sp³-hybridized carbons (Fsp3) is 0.214. The lowest BCUT2D eigenvalue weighted by Gasteiger charge is -2.18. The van der Waals surface area contributed by atoms with Crippen molar-refractivity contribution in [3.8, 4) is 0 Å². The number of aryl methyl sites for hydroxylation is 2. The van der Waals surface area contributed by atoms with E-state index in [9.17, 15) is 8.78 Å². The molecule has 0 aliphatic carbocycles. The molecule has 1 unspecified atom stereocenters. The predicted molar refractivity (Wildman–Crippen MR) is 69.2 cm³/mol. The molecule has 3 nitrogen and oxygen atoms in total. The van der Waals surface area contributed by atoms with Gasteiger partial charge in [-0.05, 0) is 31.0 Å². The van der Waals surface area contributed by atoms with E-state index in [1.54, 1.807) is 6.20 Å². The molecule has 3 N–H and O–H groups in total. The average molecular weight is 263 g/mol. The van der Waals surface area contributed by atoms with Gasteiger partial charge in [0.25, 0.3) is 0 Å². The van der Waals surface area contributed by atoms with Crippen LogP contribution >= 0.6 is 0 Å². The number of pyridine rings is 1. The summed E-state index contributed by atoms with van der Waals surface area (Å²) in [5.74, 6) is 4.23. The van der Waals surface area contributed by atoms with Crippen LogP contribution in [-0.2, 0) is 0 Å². The molecular formula is C14H15F2N3. The monoisotopic (exact) mass is 263 g/mol. The summed E-state index contributed by atoms with van der Waals surface area (Å²) in [5.41, 5.74) is 5.33. The first-order chi connectivity index (χ1) is 9.02. The lowest BCUT2D eigenvalue weighted by atomic mass is 9.99. The van der Waals surface area contributed by atoms with Crippen LogP contribution in [0.5, 0.6) is 0 Å². The van der Waals surface area contributed by atoms with Crippen molar-refractivity contribution in [1.82, 2.24) is 10.4 Å². The number of nitrogens with two attached hydrogens (primary N) is 1. The molecule has 0 aliphatic rings. The van der Waals surface area contributed by atoms with E-state index in [4.69, 9.17) is 5.84 Å². The fourth-order valence-corrected chi connectivity index (χ4v) is 2.08. The highest BCUT2D eigenvalue weighted by Crippen LogP contribution is 2.25. The number of hydrogen-bond acceptors (Lipinski definition) is 3. The van der Waals surface area contributed by atoms with E-state index in [-0.39, 0.29) is 5.56 Å². The van der Waals surface area contributed by atoms with Gasteiger partial charge in [-0.1, -0.05) is 12.1 Å². The molecular weight excluding hydrogens is 248 g/mol. The molecule has 0 aliphatic heterocycles. The topological polar surface area (TPSA) is 50.9 Å². The molecule has 0 saturated carbocycles. The van der Waals surface area contributed by atoms with Gasteiger partial charge < -0.3 is 0 Å². The van der Waals surface area contributed by atoms with Crippen LogP contribution in [-0.4, -0.2) is 4.98 Å². The Hall–Kier alpha value is -1.85. The zero-order valence-electron chi connectivity index (χ0n) is 10.7. The maximum Gasteiger partial charge on any atom is 0.131 e. The minimum atomic E-state index is -0.648. The number of aromatic nitrogens is 1. The van der Waals surface area contributed by atoms with E-state index in [1.165, 1.54) is 12.1 Å². The van der Waals surface area contributed by atoms with E-state index in [1.807, 2.05) is 19.9 Å². The number of hydrazine groups is 1. The van der Waals surface area contributed by atoms with Crippen molar-refractivity contribution in [2.45, 2.75) is 19.9 Å². The summed E-state index contributed by atoms with van der Waals surface area (Å²) >= 11 is 0. The van der Waals surface area contributed by atoms with Gasteiger partial charge in [-0.3, -0.25) is 10.8 Å². The quantitative estimate of drug-likeness (QED) is 0.661. The number of nitrogens with one attached hydrogen (secondary N) is 1. The van der Waals surface area contributed by atoms with Gasteiger partial charge in [-0.15, -0.1) is 0 Å². The summed E-state index contributed by atoms with van der Waals surface area (Å²) in [5, 5.41) is 0. The zero-order chi connectivity index (χ0) is 14.0. The predicted octanol–water partition coefficient (Wildman–Crippen LogP) is 2.53. The Bertz CT molecular complexity index is 548. The standard InChI is InChI=1S/C14H15F2N3/c1-8-5-9(2)13(18-7-8)14(19-17)11-4-3-10(15)6-12(11)16/h3-7,14,19H,17H2,1-2H3. The fourth-order valence-electron chi connectivity index (χ4n) is 2.08. The number of halogens is 2. The summed E-state index contributed by atoms with van der Waals surface area (Å²) in [6.07, 6.45) is 1.69. The van der Waals surface area contributed by atoms with Gasteiger partial charge >= 0.3 is 0 Å². The van der Waals surface area contributed by atoms with Crippen molar-refractivity contribution in [2.75, 3.05) is 0 Å². The Morgan fingerprint density at radius 2 is 1.95 bits per heavy atom. The number of benzene rings is 1. The highest BCUT2D eigenvalue weighted by molar-refractivity contribution is 5.34. The molecule has 1 aromatic carbocycles. The first-order valence-electron chi connectivity index (χ1n) is 5.87. The van der Waals surface area contributed by atoms with E-state index < -0.39 is 17.7 Å². The van der Waals surface area contributed by atoms with Crippen LogP contribution in [0.3, 0.4) is 0 Å². The van der Waals surface area contributed by atoms with E-state index in [0.29, 0.717) is 5.69 Å². The molecule has 100 valence electrons. The molecule has 2 aromatic rings. The Labute approximate surface area is 110 Å². The Balaban J connectivity index is 2.50. The normalized spacial score (nSPS) is 12.5. The summed E-state index contributed by atoms with van der Waals surface area (Å²) < 4.78 is 26.8. The first kappa shape index (κ1) is 13.6. The number of rotatable bonds is 3. The van der Waals surface area contributed by atoms with Crippen LogP contribution in [0.15, 0.2) is 30.5 Å². The molecule has 19 heavy (non-hydrogen) atoms. The first-order valence-corrected chi connectivity index (χ1v) is 5.87. The molecule has 1 atom stereocenters. The van der Waals surface area contributed by atoms with E-state index >= 15 is 0 Å². The minimum absolute atomic E-state index is 0.267. The van der Waals surface area contributed by atoms with E-state index in [2.05, 4.69) is 10.4 Å². The van der Waals surface area contributed by atoms with Gasteiger partial charge in [0, 0.05) is 17.8 Å². The zero-order valence-corrected chi connectivity index (χ0v) is 10.7. The maximum absolute atomic E-state index is 13.8. The SMILES string of the molecule is Cc1cnc(C(NN)c2ccc(F)cc2F)c(C)c1. The van der Waals surface area contributed by atoms with Gasteiger partial charge in [0.1, 0.15) is 11.6 Å². The molecule has 0 radical (unpaired) electrons. The number of hydrogen-bond donors (Lipinski definition) is 2. The van der Waals surface area contributed by atoms with Crippen LogP contribution in [0, 0.1) is 25.5 Å². The molecule has 5 heteroatoms. The smallest absolute Gasteiger partial charge is 0.131 e. The van der Waals surface area contributed by atoms with Crippen LogP contribution in [0.4, 0.5) is 8.78 Å². The van der Waals surface area contributed by atoms with Crippen molar-refractivity contribution >= 4 is 0 Å². The lowest BCUT2D eigenvalue weighted by Crippen LogP contribution is -2.30. The Morgan fingerprint density at radius 3 is 2.53 bits per heavy atom. The van der Waals surface area contributed by atoms with Crippen molar-refractivity contribution in [2.24, 2.45) is 5.84 Å². The molecule has 1 aromatic heterocycles. The molecule has 0 saturated heterocycles. The third-order valence-corrected chi connectivity index (χ3v) is 2.97. The van der Waals surface area contributed by atoms with Gasteiger partial charge in [0.15, 0.2) is 0 Å². The largest absolute Gasteiger partial charge is 0.271 e. The maximum atomic E-state index is 13.8. The van der Waals surface area contributed by atoms with Gasteiger partial charge in [0.2, 0.25) is 0 Å². The van der Waals surface area contributed by atoms with Crippen molar-refractivity contribution in [3.63, 3.8) is 0 Å². The molecule has 0 spiro atoms. The second-order valence-electron chi connectivity index (χ2n) is 4.48. The molecule has 1 heterocycles. The molecule has 0 bridgehead atoms. The molecule has 0 amide bonds. The van der Waals surface area contributed by atoms with Gasteiger partial charge in [-0.2, -0.15) is 0 Å². The van der Waals surface area contributed by atoms with Crippen molar-refractivity contribution in [3.05, 3.63) is 64.5 Å². The highest BCUT2D eigenvalue weighted by atomic mass is 19.1. The lowest BCUT2D eigenvalue weighted by molar-refractivity contribution is 0.535. The highest BCUT2D eigenvalue weighted by Gasteiger charge is 2.20. The Morgan fingerprint density at radius 1 is 1.21 bits per heavy atom. The molecule has 2 rings (SSSR count). The summed E-state index contributed by atoms with van der Waals surface area (Å²) in [7, 11) is 0. The third-order valence-electron chi connectivity index (χ3n) is 2.97.